The van der Waals surface area contributed by atoms with Crippen LogP contribution in [0.1, 0.15) is 29.7 Å². The summed E-state index contributed by atoms with van der Waals surface area (Å²) < 4.78 is 38.2. The number of nitrogens with one attached hydrogen (secondary N) is 1. The summed E-state index contributed by atoms with van der Waals surface area (Å²) in [7, 11) is 0. The normalized spacial score (nSPS) is 13.0. The Bertz CT molecular complexity index is 621. The number of alkyl halides is 3. The maximum Gasteiger partial charge on any atom is 0.416 e. The van der Waals surface area contributed by atoms with Crippen molar-refractivity contribution in [1.82, 2.24) is 4.98 Å². The molecule has 21 heavy (non-hydrogen) atoms. The molecule has 1 unspecified atom stereocenters. The van der Waals surface area contributed by atoms with Gasteiger partial charge in [-0.2, -0.15) is 13.2 Å². The van der Waals surface area contributed by atoms with Crippen LogP contribution >= 0.6 is 11.6 Å². The summed E-state index contributed by atoms with van der Waals surface area (Å²) >= 11 is 6.01. The van der Waals surface area contributed by atoms with E-state index in [0.717, 1.165) is 17.7 Å². The first-order valence-corrected chi connectivity index (χ1v) is 6.71. The van der Waals surface area contributed by atoms with Gasteiger partial charge in [-0.25, -0.2) is 4.98 Å². The van der Waals surface area contributed by atoms with Crippen molar-refractivity contribution in [1.29, 1.82) is 0 Å². The lowest BCUT2D eigenvalue weighted by Crippen LogP contribution is -2.11. The third-order valence-electron chi connectivity index (χ3n) is 3.19. The van der Waals surface area contributed by atoms with E-state index in [1.54, 1.807) is 25.3 Å². The van der Waals surface area contributed by atoms with E-state index in [4.69, 9.17) is 11.6 Å². The van der Waals surface area contributed by atoms with Crippen LogP contribution < -0.4 is 5.32 Å². The molecule has 6 heteroatoms. The molecule has 0 saturated heterocycles. The highest BCUT2D eigenvalue weighted by molar-refractivity contribution is 6.32. The number of hydrogen-bond acceptors (Lipinski definition) is 2. The first-order chi connectivity index (χ1) is 9.79. The molecule has 0 aliphatic carbocycles. The van der Waals surface area contributed by atoms with E-state index in [1.165, 1.54) is 6.07 Å². The van der Waals surface area contributed by atoms with Crippen LogP contribution in [0, 0.1) is 6.92 Å². The standard InChI is InChI=1S/C15H14ClF3N2/c1-9-6-7-20-14(16)13(9)21-10(2)11-4-3-5-12(8-11)15(17,18)19/h3-8,10,21H,1-2H3. The highest BCUT2D eigenvalue weighted by atomic mass is 35.5. The van der Waals surface area contributed by atoms with Crippen LogP contribution in [-0.4, -0.2) is 4.98 Å². The number of rotatable bonds is 3. The summed E-state index contributed by atoms with van der Waals surface area (Å²) in [6.45, 7) is 3.63. The van der Waals surface area contributed by atoms with Crippen LogP contribution in [0.15, 0.2) is 36.5 Å². The fourth-order valence-electron chi connectivity index (χ4n) is 1.98. The minimum atomic E-state index is -4.35. The second kappa shape index (κ2) is 5.93. The molecule has 1 N–H and O–H groups in total. The molecular weight excluding hydrogens is 301 g/mol. The Morgan fingerprint density at radius 2 is 1.95 bits per heavy atom. The van der Waals surface area contributed by atoms with Crippen molar-refractivity contribution in [3.05, 3.63) is 58.4 Å². The van der Waals surface area contributed by atoms with Crippen molar-refractivity contribution in [3.63, 3.8) is 0 Å². The van der Waals surface area contributed by atoms with Gasteiger partial charge in [0.15, 0.2) is 5.15 Å². The number of aromatic nitrogens is 1. The van der Waals surface area contributed by atoms with Crippen molar-refractivity contribution in [2.75, 3.05) is 5.32 Å². The van der Waals surface area contributed by atoms with Crippen LogP contribution in [0.5, 0.6) is 0 Å². The van der Waals surface area contributed by atoms with Crippen LogP contribution in [0.4, 0.5) is 18.9 Å². The molecule has 2 aromatic rings. The van der Waals surface area contributed by atoms with Gasteiger partial charge in [-0.05, 0) is 43.2 Å². The highest BCUT2D eigenvalue weighted by Gasteiger charge is 2.30. The van der Waals surface area contributed by atoms with Gasteiger partial charge in [0.1, 0.15) is 0 Å². The van der Waals surface area contributed by atoms with E-state index < -0.39 is 11.7 Å². The quantitative estimate of drug-likeness (QED) is 0.784. The maximum atomic E-state index is 12.7. The minimum absolute atomic E-state index is 0.300. The van der Waals surface area contributed by atoms with E-state index >= 15 is 0 Å². The number of halogens is 4. The second-order valence-corrected chi connectivity index (χ2v) is 5.14. The van der Waals surface area contributed by atoms with Crippen LogP contribution in [-0.2, 0) is 6.18 Å². The summed E-state index contributed by atoms with van der Waals surface area (Å²) in [6.07, 6.45) is -2.77. The largest absolute Gasteiger partial charge is 0.416 e. The number of hydrogen-bond donors (Lipinski definition) is 1. The fourth-order valence-corrected chi connectivity index (χ4v) is 2.24. The van der Waals surface area contributed by atoms with Crippen molar-refractivity contribution < 1.29 is 13.2 Å². The van der Waals surface area contributed by atoms with Gasteiger partial charge in [0.25, 0.3) is 0 Å². The first kappa shape index (κ1) is 15.6. The summed E-state index contributed by atoms with van der Waals surface area (Å²) in [5, 5.41) is 3.41. The summed E-state index contributed by atoms with van der Waals surface area (Å²) in [5.74, 6) is 0. The Kier molecular flexibility index (Phi) is 4.42. The maximum absolute atomic E-state index is 12.7. The van der Waals surface area contributed by atoms with Crippen LogP contribution in [0.25, 0.3) is 0 Å². The molecule has 0 radical (unpaired) electrons. The zero-order chi connectivity index (χ0) is 15.6. The topological polar surface area (TPSA) is 24.9 Å². The average Bonchev–Trinajstić information content (AvgIpc) is 2.42. The van der Waals surface area contributed by atoms with Crippen molar-refractivity contribution in [2.24, 2.45) is 0 Å². The average molecular weight is 315 g/mol. The molecule has 0 fully saturated rings. The predicted molar refractivity (Wildman–Crippen MR) is 77.5 cm³/mol. The molecule has 0 bridgehead atoms. The third kappa shape index (κ3) is 3.67. The van der Waals surface area contributed by atoms with Gasteiger partial charge in [-0.15, -0.1) is 0 Å². The molecule has 1 aromatic heterocycles. The summed E-state index contributed by atoms with van der Waals surface area (Å²) in [6, 6.07) is 6.69. The third-order valence-corrected chi connectivity index (χ3v) is 3.47. The second-order valence-electron chi connectivity index (χ2n) is 4.78. The van der Waals surface area contributed by atoms with Crippen LogP contribution in [0.2, 0.25) is 5.15 Å². The molecule has 0 amide bonds. The lowest BCUT2D eigenvalue weighted by molar-refractivity contribution is -0.137. The lowest BCUT2D eigenvalue weighted by Gasteiger charge is -2.19. The van der Waals surface area contributed by atoms with Gasteiger partial charge in [0.05, 0.1) is 11.3 Å². The van der Waals surface area contributed by atoms with Gasteiger partial charge in [-0.1, -0.05) is 23.7 Å². The number of nitrogens with zero attached hydrogens (tertiary/aromatic N) is 1. The molecule has 112 valence electrons. The smallest absolute Gasteiger partial charge is 0.376 e. The Balaban J connectivity index is 2.27. The van der Waals surface area contributed by atoms with Crippen molar-refractivity contribution in [2.45, 2.75) is 26.1 Å². The van der Waals surface area contributed by atoms with Gasteiger partial charge < -0.3 is 5.32 Å². The number of pyridine rings is 1. The Labute approximate surface area is 126 Å². The lowest BCUT2D eigenvalue weighted by atomic mass is 10.0. The number of aryl methyl sites for hydroxylation is 1. The highest BCUT2D eigenvalue weighted by Crippen LogP contribution is 2.32. The molecule has 0 aliphatic heterocycles. The Morgan fingerprint density at radius 3 is 2.57 bits per heavy atom. The summed E-state index contributed by atoms with van der Waals surface area (Å²) in [4.78, 5) is 3.97. The molecule has 2 nitrogen and oxygen atoms in total. The monoisotopic (exact) mass is 314 g/mol. The van der Waals surface area contributed by atoms with Crippen LogP contribution in [0.3, 0.4) is 0 Å². The zero-order valence-electron chi connectivity index (χ0n) is 11.5. The molecule has 0 spiro atoms. The van der Waals surface area contributed by atoms with E-state index in [2.05, 4.69) is 10.3 Å². The van der Waals surface area contributed by atoms with Gasteiger partial charge in [0.2, 0.25) is 0 Å². The Hall–Kier alpha value is -1.75. The molecule has 0 aliphatic rings. The van der Waals surface area contributed by atoms with E-state index in [0.29, 0.717) is 16.4 Å². The molecule has 1 aromatic carbocycles. The fraction of sp³-hybridized carbons (Fsp3) is 0.267. The summed E-state index contributed by atoms with van der Waals surface area (Å²) in [5.41, 5.74) is 1.38. The van der Waals surface area contributed by atoms with Crippen molar-refractivity contribution in [3.8, 4) is 0 Å². The zero-order valence-corrected chi connectivity index (χ0v) is 12.3. The molecular formula is C15H14ClF3N2. The first-order valence-electron chi connectivity index (χ1n) is 6.34. The molecule has 2 rings (SSSR count). The predicted octanol–water partition coefficient (Wildman–Crippen LogP) is 5.24. The molecule has 1 atom stereocenters. The number of benzene rings is 1. The van der Waals surface area contributed by atoms with E-state index in [9.17, 15) is 13.2 Å². The van der Waals surface area contributed by atoms with Gasteiger partial charge in [-0.3, -0.25) is 0 Å². The molecule has 1 heterocycles. The minimum Gasteiger partial charge on any atom is -0.376 e. The Morgan fingerprint density at radius 1 is 1.24 bits per heavy atom. The van der Waals surface area contributed by atoms with Gasteiger partial charge >= 0.3 is 6.18 Å². The van der Waals surface area contributed by atoms with Crippen molar-refractivity contribution >= 4 is 17.3 Å². The molecule has 0 saturated carbocycles. The van der Waals surface area contributed by atoms with E-state index in [1.807, 2.05) is 6.92 Å². The number of anilines is 1. The SMILES string of the molecule is Cc1ccnc(Cl)c1NC(C)c1cccc(C(F)(F)F)c1. The van der Waals surface area contributed by atoms with E-state index in [-0.39, 0.29) is 6.04 Å². The van der Waals surface area contributed by atoms with Gasteiger partial charge in [0, 0.05) is 12.2 Å².